The van der Waals surface area contributed by atoms with Crippen LogP contribution < -0.4 is 5.32 Å². The number of hydrogen-bond acceptors (Lipinski definition) is 4. The third-order valence-corrected chi connectivity index (χ3v) is 5.55. The van der Waals surface area contributed by atoms with Gasteiger partial charge < -0.3 is 15.2 Å². The molecule has 2 N–H and O–H groups in total. The molecule has 1 aromatic carbocycles. The van der Waals surface area contributed by atoms with Crippen molar-refractivity contribution < 1.29 is 92.4 Å². The summed E-state index contributed by atoms with van der Waals surface area (Å²) in [6, 6.07) is 3.92. The maximum absolute atomic E-state index is 12.7. The van der Waals surface area contributed by atoms with Gasteiger partial charge in [-0.05, 0) is 44.0 Å². The van der Waals surface area contributed by atoms with Crippen LogP contribution in [0.3, 0.4) is 0 Å². The number of carbonyl (C=O) groups is 1. The summed E-state index contributed by atoms with van der Waals surface area (Å²) in [5, 5.41) is 14.0. The first-order valence-electron chi connectivity index (χ1n) is 10.9. The van der Waals surface area contributed by atoms with Crippen molar-refractivity contribution in [3.05, 3.63) is 64.4 Å². The summed E-state index contributed by atoms with van der Waals surface area (Å²) in [5.74, 6) is 0.313. The summed E-state index contributed by atoms with van der Waals surface area (Å²) in [5.41, 5.74) is 3.72. The van der Waals surface area contributed by atoms with Crippen LogP contribution in [0.1, 0.15) is 72.1 Å². The van der Waals surface area contributed by atoms with E-state index in [0.29, 0.717) is 5.57 Å². The summed E-state index contributed by atoms with van der Waals surface area (Å²) in [7, 11) is 0. The minimum Gasteiger partial charge on any atom is -0.507 e. The van der Waals surface area contributed by atoms with Gasteiger partial charge in [0, 0.05) is 106 Å². The first kappa shape index (κ1) is 36.3. The van der Waals surface area contributed by atoms with Crippen LogP contribution in [0, 0.1) is 18.4 Å². The molecule has 2 unspecified atom stereocenters. The van der Waals surface area contributed by atoms with E-state index < -0.39 is 0 Å². The standard InChI is InChI=1S/C27H37N2O2.Mn.2Y/c1-17-13-21(25(31)23(14-17)27(7,8)9)16-29-19(3)18(2)28-15-20-11-10-12-22(24(20)30)26(4,5)6;;;/h11-16,18-19,28,31H,1-9H3;;;/q-1;;;. The van der Waals surface area contributed by atoms with Gasteiger partial charge in [0.05, 0.1) is 11.8 Å². The Morgan fingerprint density at radius 2 is 1.65 bits per heavy atom. The van der Waals surface area contributed by atoms with Crippen LogP contribution in [-0.4, -0.2) is 29.2 Å². The predicted octanol–water partition coefficient (Wildman–Crippen LogP) is 5.57. The van der Waals surface area contributed by atoms with E-state index in [1.54, 1.807) is 24.6 Å². The molecule has 1 aliphatic rings. The van der Waals surface area contributed by atoms with Crippen molar-refractivity contribution in [2.75, 3.05) is 0 Å². The van der Waals surface area contributed by atoms with E-state index in [1.165, 1.54) is 0 Å². The third kappa shape index (κ3) is 9.87. The van der Waals surface area contributed by atoms with Crippen molar-refractivity contribution >= 4 is 12.0 Å². The fourth-order valence-electron chi connectivity index (χ4n) is 3.33. The largest absolute Gasteiger partial charge is 0.507 e. The number of aromatic hydroxyl groups is 1. The summed E-state index contributed by atoms with van der Waals surface area (Å²) in [4.78, 5) is 17.4. The molecule has 7 heteroatoms. The van der Waals surface area contributed by atoms with E-state index in [2.05, 4.69) is 37.2 Å². The number of hydrogen-bond donors (Lipinski definition) is 2. The van der Waals surface area contributed by atoms with Crippen LogP contribution in [0.4, 0.5) is 0 Å². The molecule has 1 aromatic rings. The normalized spacial score (nSPS) is 16.8. The van der Waals surface area contributed by atoms with Crippen LogP contribution in [0.25, 0.3) is 0 Å². The van der Waals surface area contributed by atoms with E-state index in [9.17, 15) is 9.90 Å². The number of aliphatic imine (C=N–C) groups is 1. The maximum atomic E-state index is 12.7. The van der Waals surface area contributed by atoms with Crippen LogP contribution in [0.15, 0.2) is 46.6 Å². The quantitative estimate of drug-likeness (QED) is 0.189. The number of rotatable bonds is 5. The molecule has 0 bridgehead atoms. The Bertz CT molecular complexity index is 968. The van der Waals surface area contributed by atoms with Crippen LogP contribution in [-0.2, 0) is 92.7 Å². The summed E-state index contributed by atoms with van der Waals surface area (Å²) in [6.45, 7) is 18.4. The van der Waals surface area contributed by atoms with E-state index in [1.807, 2.05) is 53.7 Å². The predicted molar refractivity (Wildman–Crippen MR) is 130 cm³/mol. The number of carbonyl (C=O) groups excluding carboxylic acids is 1. The third-order valence-electron chi connectivity index (χ3n) is 5.55. The summed E-state index contributed by atoms with van der Waals surface area (Å²) in [6.07, 6.45) is 10.1. The van der Waals surface area contributed by atoms with Gasteiger partial charge in [-0.15, -0.1) is 5.57 Å². The van der Waals surface area contributed by atoms with Gasteiger partial charge in [0.1, 0.15) is 5.75 Å². The van der Waals surface area contributed by atoms with E-state index >= 15 is 0 Å². The van der Waals surface area contributed by atoms with Crippen molar-refractivity contribution in [3.8, 4) is 5.75 Å². The Hall–Kier alpha value is 0.107. The molecule has 4 nitrogen and oxygen atoms in total. The molecule has 0 spiro atoms. The molecule has 3 radical (unpaired) electrons. The number of nitrogens with zero attached hydrogens (tertiary/aromatic N) is 1. The fraction of sp³-hybridized carbons (Fsp3) is 0.481. The van der Waals surface area contributed by atoms with Crippen molar-refractivity contribution in [2.24, 2.45) is 10.4 Å². The van der Waals surface area contributed by atoms with Gasteiger partial charge in [-0.3, -0.25) is 4.99 Å². The SMILES string of the molecule is Cc1cc(C=NC(C)C(C)NC=C2C=[C-]C=C(C(C)(C)C)C2=O)c(O)c(C(C)(C)C)c1.[Mn].[Y].[Y]. The average Bonchev–Trinajstić information content (AvgIpc) is 2.65. The van der Waals surface area contributed by atoms with Gasteiger partial charge in [0.15, 0.2) is 0 Å². The number of benzene rings is 1. The van der Waals surface area contributed by atoms with E-state index in [4.69, 9.17) is 0 Å². The molecule has 2 atom stereocenters. The zero-order valence-electron chi connectivity index (χ0n) is 22.0. The molecule has 0 saturated heterocycles. The molecule has 0 saturated carbocycles. The minimum absolute atomic E-state index is 0. The molecule has 34 heavy (non-hydrogen) atoms. The monoisotopic (exact) mass is 654 g/mol. The number of phenolic OH excluding ortho intramolecular Hbond substituents is 1. The molecule has 0 amide bonds. The first-order chi connectivity index (χ1) is 14.2. The molecule has 0 heterocycles. The number of aryl methyl sites for hydroxylation is 1. The first-order valence-corrected chi connectivity index (χ1v) is 10.9. The zero-order chi connectivity index (χ0) is 23.6. The molecule has 0 fully saturated rings. The second-order valence-corrected chi connectivity index (χ2v) is 10.5. The minimum atomic E-state index is -0.220. The van der Waals surface area contributed by atoms with Crippen LogP contribution in [0.5, 0.6) is 5.75 Å². The van der Waals surface area contributed by atoms with Crippen LogP contribution >= 0.6 is 0 Å². The van der Waals surface area contributed by atoms with Gasteiger partial charge in [-0.25, -0.2) is 0 Å². The van der Waals surface area contributed by atoms with Crippen LogP contribution in [0.2, 0.25) is 0 Å². The van der Waals surface area contributed by atoms with E-state index in [0.717, 1.165) is 22.3 Å². The van der Waals surface area contributed by atoms with Crippen molar-refractivity contribution in [1.29, 1.82) is 0 Å². The average molecular weight is 654 g/mol. The summed E-state index contributed by atoms with van der Waals surface area (Å²) >= 11 is 0. The maximum Gasteiger partial charge on any atom is 0.128 e. The van der Waals surface area contributed by atoms with Crippen molar-refractivity contribution in [3.63, 3.8) is 0 Å². The molecule has 2 rings (SSSR count). The Labute approximate surface area is 267 Å². The fourth-order valence-corrected chi connectivity index (χ4v) is 3.33. The molecule has 0 aliphatic heterocycles. The van der Waals surface area contributed by atoms with Gasteiger partial charge in [-0.1, -0.05) is 58.6 Å². The smallest absolute Gasteiger partial charge is 0.128 e. The van der Waals surface area contributed by atoms with Gasteiger partial charge in [-0.2, -0.15) is 18.2 Å². The Morgan fingerprint density at radius 3 is 2.18 bits per heavy atom. The van der Waals surface area contributed by atoms with Gasteiger partial charge in [0.25, 0.3) is 0 Å². The van der Waals surface area contributed by atoms with Crippen molar-refractivity contribution in [1.82, 2.24) is 5.32 Å². The number of Topliss-reactive ketones (excluding diaryl/α,β-unsaturated/α-hetero) is 1. The van der Waals surface area contributed by atoms with Crippen molar-refractivity contribution in [2.45, 2.75) is 79.8 Å². The molecule has 181 valence electrons. The molecule has 1 aliphatic carbocycles. The van der Waals surface area contributed by atoms with Gasteiger partial charge in [0.2, 0.25) is 0 Å². The Morgan fingerprint density at radius 1 is 1.06 bits per heavy atom. The molecule has 0 aromatic heterocycles. The topological polar surface area (TPSA) is 61.7 Å². The second kappa shape index (κ2) is 14.7. The zero-order valence-corrected chi connectivity index (χ0v) is 28.8. The van der Waals surface area contributed by atoms with Gasteiger partial charge >= 0.3 is 0 Å². The Kier molecular flexibility index (Phi) is 15.7. The Balaban J connectivity index is 0. The number of phenols is 1. The number of nitrogens with one attached hydrogen (secondary N) is 1. The number of allylic oxidation sites excluding steroid dienone is 5. The van der Waals surface area contributed by atoms with E-state index in [-0.39, 0.29) is 117 Å². The molecular formula is C27H37MnN2O2Y2-. The number of ketones is 1. The molecular weight excluding hydrogens is 617 g/mol. The summed E-state index contributed by atoms with van der Waals surface area (Å²) < 4.78 is 0. The second-order valence-electron chi connectivity index (χ2n) is 10.5.